The molecule has 0 unspecified atom stereocenters. The van der Waals surface area contributed by atoms with Crippen LogP contribution in [0.2, 0.25) is 0 Å². The molecular weight excluding hydrogens is 146 g/mol. The average molecular weight is 169 g/mol. The lowest BCUT2D eigenvalue weighted by Crippen LogP contribution is -2.33. The van der Waals surface area contributed by atoms with Gasteiger partial charge in [0.2, 0.25) is 0 Å². The molecule has 12 heavy (non-hydrogen) atoms. The Bertz CT molecular complexity index is 148. The Morgan fingerprint density at radius 3 is 1.33 bits per heavy atom. The van der Waals surface area contributed by atoms with Crippen molar-refractivity contribution in [2.45, 2.75) is 48.5 Å². The van der Waals surface area contributed by atoms with Gasteiger partial charge in [-0.15, -0.1) is 0 Å². The minimum Gasteiger partial charge on any atom is -0.293 e. The van der Waals surface area contributed by atoms with E-state index < -0.39 is 0 Å². The van der Waals surface area contributed by atoms with Gasteiger partial charge in [-0.1, -0.05) is 41.5 Å². The van der Waals surface area contributed by atoms with Crippen LogP contribution >= 0.6 is 0 Å². The van der Waals surface area contributed by atoms with Crippen LogP contribution in [0.15, 0.2) is 4.99 Å². The highest BCUT2D eigenvalue weighted by Crippen LogP contribution is 2.29. The van der Waals surface area contributed by atoms with Crippen molar-refractivity contribution in [3.05, 3.63) is 0 Å². The molecule has 1 heteroatoms. The predicted molar refractivity (Wildman–Crippen MR) is 56.9 cm³/mol. The summed E-state index contributed by atoms with van der Waals surface area (Å²) in [6.07, 6.45) is 0. The van der Waals surface area contributed by atoms with Crippen molar-refractivity contribution >= 4 is 5.71 Å². The molecule has 0 aromatic carbocycles. The van der Waals surface area contributed by atoms with Crippen LogP contribution in [0.4, 0.5) is 0 Å². The first kappa shape index (κ1) is 11.7. The van der Waals surface area contributed by atoms with Gasteiger partial charge in [0.1, 0.15) is 0 Å². The Hall–Kier alpha value is -0.330. The highest BCUT2D eigenvalue weighted by Gasteiger charge is 2.29. The maximum absolute atomic E-state index is 4.58. The van der Waals surface area contributed by atoms with Crippen LogP contribution in [0.25, 0.3) is 0 Å². The fourth-order valence-electron chi connectivity index (χ4n) is 1.76. The summed E-state index contributed by atoms with van der Waals surface area (Å²) >= 11 is 0. The molecule has 1 nitrogen and oxygen atoms in total. The minimum absolute atomic E-state index is 0.203. The van der Waals surface area contributed by atoms with Crippen molar-refractivity contribution in [3.8, 4) is 0 Å². The van der Waals surface area contributed by atoms with Crippen molar-refractivity contribution in [1.82, 2.24) is 0 Å². The zero-order valence-corrected chi connectivity index (χ0v) is 9.65. The Morgan fingerprint density at radius 2 is 1.25 bits per heavy atom. The fourth-order valence-corrected chi connectivity index (χ4v) is 1.76. The smallest absolute Gasteiger partial charge is 0.0360 e. The molecule has 0 spiro atoms. The summed E-state index contributed by atoms with van der Waals surface area (Å²) in [6.45, 7) is 16.4. The van der Waals surface area contributed by atoms with E-state index in [1.54, 1.807) is 0 Å². The maximum atomic E-state index is 4.58. The summed E-state index contributed by atoms with van der Waals surface area (Å²) in [7, 11) is 0. The molecule has 0 amide bonds. The molecule has 0 rings (SSSR count). The maximum Gasteiger partial charge on any atom is 0.0360 e. The zero-order chi connectivity index (χ0) is 9.99. The largest absolute Gasteiger partial charge is 0.293 e. The van der Waals surface area contributed by atoms with Gasteiger partial charge in [0, 0.05) is 23.1 Å². The van der Waals surface area contributed by atoms with Gasteiger partial charge in [-0.3, -0.25) is 4.99 Å². The van der Waals surface area contributed by atoms with Crippen molar-refractivity contribution < 1.29 is 0 Å². The minimum atomic E-state index is 0.203. The summed E-state index contributed by atoms with van der Waals surface area (Å²) in [4.78, 5) is 4.58. The molecule has 0 saturated heterocycles. The number of nitrogens with zero attached hydrogens (tertiary/aromatic N) is 1. The molecule has 0 aliphatic carbocycles. The van der Waals surface area contributed by atoms with Gasteiger partial charge in [0.25, 0.3) is 0 Å². The van der Waals surface area contributed by atoms with Gasteiger partial charge in [0.05, 0.1) is 0 Å². The third-order valence-corrected chi connectivity index (χ3v) is 1.74. The number of hydrogen-bond donors (Lipinski definition) is 0. The molecule has 0 saturated carbocycles. The Labute approximate surface area is 77.3 Å². The molecule has 0 aliphatic heterocycles. The highest BCUT2D eigenvalue weighted by molar-refractivity contribution is 5.93. The second-order valence-electron chi connectivity index (χ2n) is 5.32. The Morgan fingerprint density at radius 1 is 0.917 bits per heavy atom. The zero-order valence-electron chi connectivity index (χ0n) is 9.65. The summed E-state index contributed by atoms with van der Waals surface area (Å²) < 4.78 is 0. The van der Waals surface area contributed by atoms with Crippen LogP contribution in [0.3, 0.4) is 0 Å². The van der Waals surface area contributed by atoms with E-state index in [0.29, 0.717) is 0 Å². The first-order chi connectivity index (χ1) is 5.19. The van der Waals surface area contributed by atoms with Crippen molar-refractivity contribution in [3.63, 3.8) is 0 Å². The molecule has 0 bridgehead atoms. The van der Waals surface area contributed by atoms with E-state index in [2.05, 4.69) is 53.5 Å². The SMILES string of the molecule is CCN=C(C(C)(C)C)C(C)(C)C. The molecule has 0 aromatic rings. The predicted octanol–water partition coefficient (Wildman–Crippen LogP) is 3.54. The van der Waals surface area contributed by atoms with E-state index >= 15 is 0 Å². The molecule has 72 valence electrons. The van der Waals surface area contributed by atoms with Gasteiger partial charge in [-0.05, 0) is 6.92 Å². The van der Waals surface area contributed by atoms with Gasteiger partial charge in [-0.2, -0.15) is 0 Å². The lowest BCUT2D eigenvalue weighted by molar-refractivity contribution is 0.476. The molecule has 0 atom stereocenters. The first-order valence-corrected chi connectivity index (χ1v) is 4.75. The Balaban J connectivity index is 4.83. The second kappa shape index (κ2) is 3.59. The number of hydrogen-bond acceptors (Lipinski definition) is 1. The lowest BCUT2D eigenvalue weighted by Gasteiger charge is -2.32. The summed E-state index contributed by atoms with van der Waals surface area (Å²) in [6, 6.07) is 0. The van der Waals surface area contributed by atoms with E-state index in [1.807, 2.05) is 0 Å². The van der Waals surface area contributed by atoms with E-state index in [0.717, 1.165) is 6.54 Å². The van der Waals surface area contributed by atoms with Gasteiger partial charge in [0.15, 0.2) is 0 Å². The van der Waals surface area contributed by atoms with Crippen LogP contribution in [0.1, 0.15) is 48.5 Å². The fraction of sp³-hybridized carbons (Fsp3) is 0.909. The van der Waals surface area contributed by atoms with Crippen LogP contribution in [0, 0.1) is 10.8 Å². The standard InChI is InChI=1S/C11H23N/c1-8-12-9(10(2,3)4)11(5,6)7/h8H2,1-7H3. The summed E-state index contributed by atoms with van der Waals surface area (Å²) in [5.41, 5.74) is 1.72. The molecular formula is C11H23N. The van der Waals surface area contributed by atoms with E-state index in [9.17, 15) is 0 Å². The van der Waals surface area contributed by atoms with Crippen LogP contribution in [-0.4, -0.2) is 12.3 Å². The average Bonchev–Trinajstić information content (AvgIpc) is 1.77. The third-order valence-electron chi connectivity index (χ3n) is 1.74. The number of rotatable bonds is 1. The molecule has 0 aliphatic rings. The molecule has 0 radical (unpaired) electrons. The monoisotopic (exact) mass is 169 g/mol. The topological polar surface area (TPSA) is 12.4 Å². The van der Waals surface area contributed by atoms with Gasteiger partial charge >= 0.3 is 0 Å². The normalized spacial score (nSPS) is 12.9. The molecule has 0 fully saturated rings. The van der Waals surface area contributed by atoms with E-state index in [-0.39, 0.29) is 10.8 Å². The quantitative estimate of drug-likeness (QED) is 0.532. The molecule has 0 heterocycles. The lowest BCUT2D eigenvalue weighted by atomic mass is 9.75. The molecule has 0 N–H and O–H groups in total. The van der Waals surface area contributed by atoms with Gasteiger partial charge in [-0.25, -0.2) is 0 Å². The van der Waals surface area contributed by atoms with E-state index in [1.165, 1.54) is 5.71 Å². The third kappa shape index (κ3) is 3.38. The summed E-state index contributed by atoms with van der Waals surface area (Å²) in [5.74, 6) is 0. The first-order valence-electron chi connectivity index (χ1n) is 4.75. The second-order valence-corrected chi connectivity index (χ2v) is 5.32. The Kier molecular flexibility index (Phi) is 3.49. The number of aliphatic imine (C=N–C) groups is 1. The van der Waals surface area contributed by atoms with Crippen molar-refractivity contribution in [2.24, 2.45) is 15.8 Å². The van der Waals surface area contributed by atoms with Crippen LogP contribution < -0.4 is 0 Å². The van der Waals surface area contributed by atoms with Crippen LogP contribution in [-0.2, 0) is 0 Å². The highest BCUT2D eigenvalue weighted by atomic mass is 14.8. The van der Waals surface area contributed by atoms with Crippen molar-refractivity contribution in [1.29, 1.82) is 0 Å². The van der Waals surface area contributed by atoms with Gasteiger partial charge < -0.3 is 0 Å². The summed E-state index contributed by atoms with van der Waals surface area (Å²) in [5, 5.41) is 0. The van der Waals surface area contributed by atoms with E-state index in [4.69, 9.17) is 0 Å². The van der Waals surface area contributed by atoms with Crippen molar-refractivity contribution in [2.75, 3.05) is 6.54 Å². The molecule has 0 aromatic heterocycles. The van der Waals surface area contributed by atoms with Crippen LogP contribution in [0.5, 0.6) is 0 Å².